The lowest BCUT2D eigenvalue weighted by atomic mass is 10.0. The Hall–Kier alpha value is -3.86. The number of pyridine rings is 1. The van der Waals surface area contributed by atoms with Gasteiger partial charge in [0.2, 0.25) is 0 Å². The monoisotopic (exact) mass is 380 g/mol. The first-order valence-electron chi connectivity index (χ1n) is 9.46. The second kappa shape index (κ2) is 6.95. The predicted molar refractivity (Wildman–Crippen MR) is 118 cm³/mol. The standard InChI is InChI=1S/C24H20N4O/c1-15-11-23(28-27-15)25-22-14-19-13-20(29-2)9-10-21(19)24(26-22)18-8-7-16-5-3-4-6-17(16)12-18/h3-14H,1-2H3,(H2,25,26,27,28). The van der Waals surface area contributed by atoms with Crippen LogP contribution in [-0.4, -0.2) is 22.3 Å². The molecular weight excluding hydrogens is 360 g/mol. The van der Waals surface area contributed by atoms with Gasteiger partial charge in [0, 0.05) is 22.7 Å². The summed E-state index contributed by atoms with van der Waals surface area (Å²) in [5, 5.41) is 15.1. The fourth-order valence-corrected chi connectivity index (χ4v) is 3.60. The van der Waals surface area contributed by atoms with Crippen LogP contribution in [0.2, 0.25) is 0 Å². The summed E-state index contributed by atoms with van der Waals surface area (Å²) in [5.74, 6) is 2.29. The molecule has 29 heavy (non-hydrogen) atoms. The minimum atomic E-state index is 0.736. The number of anilines is 2. The second-order valence-electron chi connectivity index (χ2n) is 7.07. The van der Waals surface area contributed by atoms with E-state index in [0.29, 0.717) is 0 Å². The second-order valence-corrected chi connectivity index (χ2v) is 7.07. The molecule has 5 heteroatoms. The third kappa shape index (κ3) is 3.27. The van der Waals surface area contributed by atoms with Crippen molar-refractivity contribution in [3.8, 4) is 17.0 Å². The van der Waals surface area contributed by atoms with Gasteiger partial charge in [-0.3, -0.25) is 5.10 Å². The van der Waals surface area contributed by atoms with E-state index in [9.17, 15) is 0 Å². The number of benzene rings is 3. The predicted octanol–water partition coefficient (Wildman–Crippen LogP) is 5.84. The van der Waals surface area contributed by atoms with E-state index in [4.69, 9.17) is 9.72 Å². The third-order valence-corrected chi connectivity index (χ3v) is 5.02. The van der Waals surface area contributed by atoms with Crippen molar-refractivity contribution in [2.75, 3.05) is 12.4 Å². The molecule has 5 aromatic rings. The summed E-state index contributed by atoms with van der Waals surface area (Å²) in [6.07, 6.45) is 0. The fraction of sp³-hybridized carbons (Fsp3) is 0.0833. The van der Waals surface area contributed by atoms with Crippen LogP contribution in [0.1, 0.15) is 5.69 Å². The van der Waals surface area contributed by atoms with E-state index in [1.54, 1.807) is 7.11 Å². The Morgan fingerprint density at radius 2 is 1.69 bits per heavy atom. The molecule has 0 atom stereocenters. The molecule has 5 rings (SSSR count). The zero-order chi connectivity index (χ0) is 19.8. The Labute approximate surface area is 168 Å². The van der Waals surface area contributed by atoms with Gasteiger partial charge in [-0.15, -0.1) is 0 Å². The number of hydrogen-bond acceptors (Lipinski definition) is 4. The number of H-pyrrole nitrogens is 1. The molecule has 5 nitrogen and oxygen atoms in total. The first-order chi connectivity index (χ1) is 14.2. The Balaban J connectivity index is 1.70. The molecule has 142 valence electrons. The minimum Gasteiger partial charge on any atom is -0.497 e. The molecule has 0 aliphatic heterocycles. The summed E-state index contributed by atoms with van der Waals surface area (Å²) in [5.41, 5.74) is 2.98. The fourth-order valence-electron chi connectivity index (χ4n) is 3.60. The van der Waals surface area contributed by atoms with Crippen LogP contribution in [0, 0.1) is 6.92 Å². The molecule has 0 bridgehead atoms. The van der Waals surface area contributed by atoms with Gasteiger partial charge >= 0.3 is 0 Å². The topological polar surface area (TPSA) is 62.8 Å². The average molecular weight is 380 g/mol. The van der Waals surface area contributed by atoms with Crippen molar-refractivity contribution in [1.29, 1.82) is 0 Å². The highest BCUT2D eigenvalue weighted by Gasteiger charge is 2.11. The Morgan fingerprint density at radius 1 is 0.828 bits per heavy atom. The highest BCUT2D eigenvalue weighted by atomic mass is 16.5. The molecule has 2 aromatic heterocycles. The van der Waals surface area contributed by atoms with Crippen molar-refractivity contribution in [1.82, 2.24) is 15.2 Å². The highest BCUT2D eigenvalue weighted by molar-refractivity contribution is 5.99. The lowest BCUT2D eigenvalue weighted by Gasteiger charge is -2.12. The van der Waals surface area contributed by atoms with Crippen LogP contribution >= 0.6 is 0 Å². The van der Waals surface area contributed by atoms with E-state index < -0.39 is 0 Å². The van der Waals surface area contributed by atoms with Gasteiger partial charge in [-0.25, -0.2) is 4.98 Å². The number of rotatable bonds is 4. The van der Waals surface area contributed by atoms with Crippen molar-refractivity contribution in [2.45, 2.75) is 6.92 Å². The van der Waals surface area contributed by atoms with E-state index in [1.165, 1.54) is 10.8 Å². The van der Waals surface area contributed by atoms with Gasteiger partial charge < -0.3 is 10.1 Å². The van der Waals surface area contributed by atoms with Crippen LogP contribution in [0.25, 0.3) is 32.8 Å². The maximum atomic E-state index is 5.43. The van der Waals surface area contributed by atoms with Gasteiger partial charge in [0.15, 0.2) is 5.82 Å². The molecule has 0 aliphatic carbocycles. The number of ether oxygens (including phenoxy) is 1. The van der Waals surface area contributed by atoms with Gasteiger partial charge in [-0.1, -0.05) is 36.4 Å². The van der Waals surface area contributed by atoms with E-state index in [1.807, 2.05) is 31.2 Å². The molecule has 0 saturated heterocycles. The van der Waals surface area contributed by atoms with E-state index in [-0.39, 0.29) is 0 Å². The number of hydrogen-bond donors (Lipinski definition) is 2. The van der Waals surface area contributed by atoms with Gasteiger partial charge in [0.25, 0.3) is 0 Å². The minimum absolute atomic E-state index is 0.736. The van der Waals surface area contributed by atoms with Crippen LogP contribution < -0.4 is 10.1 Å². The summed E-state index contributed by atoms with van der Waals surface area (Å²) < 4.78 is 5.43. The van der Waals surface area contributed by atoms with Gasteiger partial charge in [-0.05, 0) is 53.4 Å². The third-order valence-electron chi connectivity index (χ3n) is 5.02. The number of fused-ring (bicyclic) bond motifs is 2. The number of nitrogens with zero attached hydrogens (tertiary/aromatic N) is 2. The van der Waals surface area contributed by atoms with Crippen molar-refractivity contribution in [3.63, 3.8) is 0 Å². The first-order valence-corrected chi connectivity index (χ1v) is 9.46. The molecule has 0 fully saturated rings. The average Bonchev–Trinajstić information content (AvgIpc) is 3.16. The summed E-state index contributed by atoms with van der Waals surface area (Å²) in [4.78, 5) is 4.93. The number of aromatic amines is 1. The van der Waals surface area contributed by atoms with Crippen molar-refractivity contribution in [3.05, 3.63) is 78.5 Å². The number of methoxy groups -OCH3 is 1. The Kier molecular flexibility index (Phi) is 4.13. The van der Waals surface area contributed by atoms with Gasteiger partial charge in [0.1, 0.15) is 11.6 Å². The molecule has 2 N–H and O–H groups in total. The normalized spacial score (nSPS) is 11.1. The number of aryl methyl sites for hydroxylation is 1. The molecule has 0 saturated carbocycles. The summed E-state index contributed by atoms with van der Waals surface area (Å²) in [6.45, 7) is 1.97. The zero-order valence-electron chi connectivity index (χ0n) is 16.2. The maximum absolute atomic E-state index is 5.43. The summed E-state index contributed by atoms with van der Waals surface area (Å²) in [6, 6.07) is 24.8. The van der Waals surface area contributed by atoms with Crippen LogP contribution in [0.5, 0.6) is 5.75 Å². The zero-order valence-corrected chi connectivity index (χ0v) is 16.2. The van der Waals surface area contributed by atoms with E-state index in [0.717, 1.165) is 45.1 Å². The van der Waals surface area contributed by atoms with Crippen LogP contribution in [0.15, 0.2) is 72.8 Å². The molecule has 0 unspecified atom stereocenters. The lowest BCUT2D eigenvalue weighted by molar-refractivity contribution is 0.415. The van der Waals surface area contributed by atoms with Crippen molar-refractivity contribution < 1.29 is 4.74 Å². The molecule has 0 amide bonds. The van der Waals surface area contributed by atoms with Crippen LogP contribution in [0.3, 0.4) is 0 Å². The van der Waals surface area contributed by atoms with Crippen LogP contribution in [0.4, 0.5) is 11.6 Å². The van der Waals surface area contributed by atoms with Gasteiger partial charge in [0.05, 0.1) is 12.8 Å². The van der Waals surface area contributed by atoms with Crippen molar-refractivity contribution in [2.24, 2.45) is 0 Å². The quantitative estimate of drug-likeness (QED) is 0.411. The van der Waals surface area contributed by atoms with Crippen LogP contribution in [-0.2, 0) is 0 Å². The molecule has 0 radical (unpaired) electrons. The lowest BCUT2D eigenvalue weighted by Crippen LogP contribution is -1.97. The SMILES string of the molecule is COc1ccc2c(-c3ccc4ccccc4c3)nc(Nc3cc(C)[nH]n3)cc2c1. The molecule has 0 aliphatic rings. The molecular formula is C24H20N4O. The number of aromatic nitrogens is 3. The van der Waals surface area contributed by atoms with Gasteiger partial charge in [-0.2, -0.15) is 5.10 Å². The van der Waals surface area contributed by atoms with E-state index in [2.05, 4.69) is 64.0 Å². The Morgan fingerprint density at radius 3 is 2.48 bits per heavy atom. The van der Waals surface area contributed by atoms with Crippen molar-refractivity contribution >= 4 is 33.2 Å². The molecule has 3 aromatic carbocycles. The smallest absolute Gasteiger partial charge is 0.153 e. The van der Waals surface area contributed by atoms with E-state index >= 15 is 0 Å². The maximum Gasteiger partial charge on any atom is 0.153 e. The molecule has 2 heterocycles. The largest absolute Gasteiger partial charge is 0.497 e. The Bertz CT molecular complexity index is 1340. The summed E-state index contributed by atoms with van der Waals surface area (Å²) >= 11 is 0. The first kappa shape index (κ1) is 17.3. The highest BCUT2D eigenvalue weighted by Crippen LogP contribution is 2.33. The number of nitrogens with one attached hydrogen (secondary N) is 2. The molecule has 0 spiro atoms. The summed E-state index contributed by atoms with van der Waals surface area (Å²) in [7, 11) is 1.68.